The molecule has 6 nitrogen and oxygen atoms in total. The van der Waals surface area contributed by atoms with Crippen molar-refractivity contribution in [2.75, 3.05) is 20.1 Å². The molecule has 1 fully saturated rings. The second-order valence-electron chi connectivity index (χ2n) is 4.52. The quantitative estimate of drug-likeness (QED) is 0.644. The summed E-state index contributed by atoms with van der Waals surface area (Å²) in [4.78, 5) is 13.9. The van der Waals surface area contributed by atoms with Crippen LogP contribution in [-0.2, 0) is 0 Å². The Bertz CT molecular complexity index is 410. The van der Waals surface area contributed by atoms with Gasteiger partial charge in [0.1, 0.15) is 0 Å². The lowest BCUT2D eigenvalue weighted by molar-refractivity contribution is 0.0580. The molecule has 0 bridgehead atoms. The zero-order chi connectivity index (χ0) is 12.6. The molecule has 1 aromatic rings. The highest BCUT2D eigenvalue weighted by Crippen LogP contribution is 2.16. The summed E-state index contributed by atoms with van der Waals surface area (Å²) in [5.74, 6) is -0.0958. The lowest BCUT2D eigenvalue weighted by Crippen LogP contribution is -2.44. The highest BCUT2D eigenvalue weighted by Gasteiger charge is 2.32. The fraction of sp³-hybridized carbons (Fsp3) is 0.636. The van der Waals surface area contributed by atoms with Crippen molar-refractivity contribution in [3.8, 4) is 0 Å². The average Bonchev–Trinajstić information content (AvgIpc) is 2.84. The molecule has 6 heteroatoms. The Kier molecular flexibility index (Phi) is 3.17. The second kappa shape index (κ2) is 4.46. The normalized spacial score (nSPS) is 24.0. The molecule has 0 unspecified atom stereocenters. The van der Waals surface area contributed by atoms with Gasteiger partial charge in [0.2, 0.25) is 0 Å². The number of rotatable bonds is 2. The van der Waals surface area contributed by atoms with Gasteiger partial charge in [-0.05, 0) is 13.8 Å². The Balaban J connectivity index is 2.20. The number of H-pyrrole nitrogens is 1. The van der Waals surface area contributed by atoms with Crippen LogP contribution >= 0.6 is 0 Å². The minimum absolute atomic E-state index is 0.0958. The maximum Gasteiger partial charge on any atom is 0.257 e. The van der Waals surface area contributed by atoms with Gasteiger partial charge in [-0.15, -0.1) is 0 Å². The van der Waals surface area contributed by atoms with Crippen molar-refractivity contribution in [2.24, 2.45) is 0 Å². The fourth-order valence-corrected chi connectivity index (χ4v) is 2.24. The molecule has 2 heterocycles. The number of nitrogens with one attached hydrogen (secondary N) is 2. The molecular formula is C11H18N4O2. The van der Waals surface area contributed by atoms with Crippen molar-refractivity contribution in [3.63, 3.8) is 0 Å². The predicted octanol–water partition coefficient (Wildman–Crippen LogP) is -0.569. The number of aliphatic hydroxyl groups is 1. The molecule has 94 valence electrons. The average molecular weight is 238 g/mol. The summed E-state index contributed by atoms with van der Waals surface area (Å²) >= 11 is 0. The summed E-state index contributed by atoms with van der Waals surface area (Å²) in [5.41, 5.74) is 2.06. The molecule has 1 aliphatic rings. The largest absolute Gasteiger partial charge is 0.390 e. The summed E-state index contributed by atoms with van der Waals surface area (Å²) in [7, 11) is 1.72. The molecule has 0 aromatic carbocycles. The molecule has 0 radical (unpaired) electrons. The van der Waals surface area contributed by atoms with Crippen molar-refractivity contribution in [3.05, 3.63) is 17.0 Å². The molecule has 1 aliphatic heterocycles. The third-order valence-electron chi connectivity index (χ3n) is 3.31. The minimum atomic E-state index is -0.503. The van der Waals surface area contributed by atoms with Crippen LogP contribution in [0.2, 0.25) is 0 Å². The van der Waals surface area contributed by atoms with Gasteiger partial charge < -0.3 is 15.3 Å². The molecule has 1 aromatic heterocycles. The molecule has 17 heavy (non-hydrogen) atoms. The maximum absolute atomic E-state index is 12.3. The molecule has 2 rings (SSSR count). The predicted molar refractivity (Wildman–Crippen MR) is 62.8 cm³/mol. The fourth-order valence-electron chi connectivity index (χ4n) is 2.24. The Labute approximate surface area is 100 Å². The van der Waals surface area contributed by atoms with Gasteiger partial charge in [-0.1, -0.05) is 0 Å². The Morgan fingerprint density at radius 3 is 2.65 bits per heavy atom. The van der Waals surface area contributed by atoms with Crippen LogP contribution in [0.3, 0.4) is 0 Å². The van der Waals surface area contributed by atoms with Crippen LogP contribution in [0.1, 0.15) is 21.7 Å². The van der Waals surface area contributed by atoms with Crippen molar-refractivity contribution in [2.45, 2.75) is 26.0 Å². The molecule has 0 spiro atoms. The number of amides is 1. The van der Waals surface area contributed by atoms with Crippen molar-refractivity contribution < 1.29 is 9.90 Å². The Morgan fingerprint density at radius 1 is 1.47 bits per heavy atom. The molecular weight excluding hydrogens is 220 g/mol. The van der Waals surface area contributed by atoms with Crippen LogP contribution < -0.4 is 5.32 Å². The number of carbonyl (C=O) groups is 1. The van der Waals surface area contributed by atoms with E-state index in [-0.39, 0.29) is 11.9 Å². The van der Waals surface area contributed by atoms with Gasteiger partial charge in [0.25, 0.3) is 5.91 Å². The van der Waals surface area contributed by atoms with E-state index in [1.165, 1.54) is 0 Å². The zero-order valence-electron chi connectivity index (χ0n) is 10.3. The van der Waals surface area contributed by atoms with E-state index >= 15 is 0 Å². The van der Waals surface area contributed by atoms with E-state index in [4.69, 9.17) is 0 Å². The number of β-amino-alcohol motifs (C(OH)–C–C–N with tert-alkyl or cyclic N) is 1. The summed E-state index contributed by atoms with van der Waals surface area (Å²) in [5, 5.41) is 19.6. The summed E-state index contributed by atoms with van der Waals surface area (Å²) in [6, 6.07) is -0.170. The van der Waals surface area contributed by atoms with Gasteiger partial charge in [-0.3, -0.25) is 9.89 Å². The monoisotopic (exact) mass is 238 g/mol. The molecule has 0 saturated carbocycles. The lowest BCUT2D eigenvalue weighted by Gasteiger charge is -2.26. The van der Waals surface area contributed by atoms with E-state index in [2.05, 4.69) is 15.5 Å². The Hall–Kier alpha value is -1.40. The van der Waals surface area contributed by atoms with Gasteiger partial charge >= 0.3 is 0 Å². The van der Waals surface area contributed by atoms with Crippen LogP contribution in [0.4, 0.5) is 0 Å². The van der Waals surface area contributed by atoms with Crippen molar-refractivity contribution in [1.82, 2.24) is 20.4 Å². The second-order valence-corrected chi connectivity index (χ2v) is 4.52. The van der Waals surface area contributed by atoms with Gasteiger partial charge in [-0.25, -0.2) is 0 Å². The number of aliphatic hydroxyl groups excluding tert-OH is 1. The van der Waals surface area contributed by atoms with Crippen molar-refractivity contribution in [1.29, 1.82) is 0 Å². The number of hydrogen-bond donors (Lipinski definition) is 3. The van der Waals surface area contributed by atoms with Crippen LogP contribution in [0.25, 0.3) is 0 Å². The van der Waals surface area contributed by atoms with Gasteiger partial charge in [0.15, 0.2) is 0 Å². The summed E-state index contributed by atoms with van der Waals surface area (Å²) < 4.78 is 0. The highest BCUT2D eigenvalue weighted by molar-refractivity contribution is 5.96. The first-order chi connectivity index (χ1) is 8.02. The first kappa shape index (κ1) is 12.1. The third-order valence-corrected chi connectivity index (χ3v) is 3.31. The number of nitrogens with zero attached hydrogens (tertiary/aromatic N) is 2. The van der Waals surface area contributed by atoms with Crippen LogP contribution in [-0.4, -0.2) is 58.4 Å². The molecule has 2 atom stereocenters. The van der Waals surface area contributed by atoms with E-state index < -0.39 is 6.10 Å². The van der Waals surface area contributed by atoms with E-state index in [1.807, 2.05) is 6.92 Å². The number of hydrogen-bond acceptors (Lipinski definition) is 4. The standard InChI is InChI=1S/C11H18N4O2/c1-6-10(7(2)14-13-6)11(17)15(3)8-4-12-5-9(8)16/h8-9,12,16H,4-5H2,1-3H3,(H,13,14)/t8-,9-/m1/s1. The van der Waals surface area contributed by atoms with Gasteiger partial charge in [0.05, 0.1) is 23.4 Å². The number of aromatic nitrogens is 2. The summed E-state index contributed by atoms with van der Waals surface area (Å²) in [6.45, 7) is 4.78. The van der Waals surface area contributed by atoms with E-state index in [1.54, 1.807) is 18.9 Å². The smallest absolute Gasteiger partial charge is 0.257 e. The molecule has 0 aliphatic carbocycles. The first-order valence-electron chi connectivity index (χ1n) is 5.70. The minimum Gasteiger partial charge on any atom is -0.390 e. The molecule has 1 amide bonds. The van der Waals surface area contributed by atoms with Crippen LogP contribution in [0.15, 0.2) is 0 Å². The Morgan fingerprint density at radius 2 is 2.18 bits per heavy atom. The highest BCUT2D eigenvalue weighted by atomic mass is 16.3. The van der Waals surface area contributed by atoms with Gasteiger partial charge in [-0.2, -0.15) is 5.10 Å². The maximum atomic E-state index is 12.3. The number of aromatic amines is 1. The molecule has 3 N–H and O–H groups in total. The first-order valence-corrected chi connectivity index (χ1v) is 5.70. The number of carbonyl (C=O) groups excluding carboxylic acids is 1. The van der Waals surface area contributed by atoms with E-state index in [0.717, 1.165) is 5.69 Å². The third kappa shape index (κ3) is 2.05. The van der Waals surface area contributed by atoms with Crippen LogP contribution in [0.5, 0.6) is 0 Å². The zero-order valence-corrected chi connectivity index (χ0v) is 10.3. The van der Waals surface area contributed by atoms with Crippen LogP contribution in [0, 0.1) is 13.8 Å². The van der Waals surface area contributed by atoms with Gasteiger partial charge in [0, 0.05) is 25.8 Å². The topological polar surface area (TPSA) is 81.2 Å². The summed E-state index contributed by atoms with van der Waals surface area (Å²) in [6.07, 6.45) is -0.503. The lowest BCUT2D eigenvalue weighted by atomic mass is 10.1. The SMILES string of the molecule is Cc1n[nH]c(C)c1C(=O)N(C)[C@@H]1CNC[C@H]1O. The van der Waals surface area contributed by atoms with E-state index in [9.17, 15) is 9.90 Å². The number of likely N-dealkylation sites (N-methyl/N-ethyl adjacent to an activating group) is 1. The number of aryl methyl sites for hydroxylation is 2. The molecule has 1 saturated heterocycles. The van der Waals surface area contributed by atoms with Crippen molar-refractivity contribution >= 4 is 5.91 Å². The van der Waals surface area contributed by atoms with E-state index in [0.29, 0.717) is 24.3 Å².